The molecule has 2 aromatic carbocycles. The van der Waals surface area contributed by atoms with Crippen LogP contribution < -0.4 is 10.2 Å². The lowest BCUT2D eigenvalue weighted by Crippen LogP contribution is -2.24. The molecule has 0 fully saturated rings. The predicted octanol–water partition coefficient (Wildman–Crippen LogP) is 5.85. The zero-order valence-electron chi connectivity index (χ0n) is 14.7. The number of rotatable bonds is 6. The van der Waals surface area contributed by atoms with Crippen LogP contribution in [0.5, 0.6) is 5.75 Å². The molecule has 0 saturated heterocycles. The molecule has 1 heterocycles. The van der Waals surface area contributed by atoms with Gasteiger partial charge >= 0.3 is 0 Å². The van der Waals surface area contributed by atoms with E-state index < -0.39 is 5.91 Å². The van der Waals surface area contributed by atoms with Crippen molar-refractivity contribution in [2.75, 3.05) is 6.61 Å². The van der Waals surface area contributed by atoms with E-state index in [2.05, 4.69) is 26.5 Å². The van der Waals surface area contributed by atoms with Gasteiger partial charge in [0, 0.05) is 15.6 Å². The molecular formula is C20H15BrCl2N2O3. The number of aryl methyl sites for hydroxylation is 1. The zero-order valence-corrected chi connectivity index (χ0v) is 17.8. The monoisotopic (exact) mass is 480 g/mol. The Morgan fingerprint density at radius 3 is 2.79 bits per heavy atom. The van der Waals surface area contributed by atoms with Crippen molar-refractivity contribution in [3.05, 3.63) is 74.4 Å². The maximum absolute atomic E-state index is 11.8. The Bertz CT molecular complexity index is 1030. The molecule has 0 atom stereocenters. The van der Waals surface area contributed by atoms with Crippen LogP contribution >= 0.6 is 39.1 Å². The largest absolute Gasteiger partial charge is 0.483 e. The van der Waals surface area contributed by atoms with E-state index in [1.165, 1.54) is 6.21 Å². The average molecular weight is 482 g/mol. The van der Waals surface area contributed by atoms with Crippen molar-refractivity contribution in [1.82, 2.24) is 5.43 Å². The van der Waals surface area contributed by atoms with Gasteiger partial charge in [0.15, 0.2) is 6.61 Å². The van der Waals surface area contributed by atoms with Gasteiger partial charge in [-0.3, -0.25) is 4.79 Å². The lowest BCUT2D eigenvalue weighted by molar-refractivity contribution is -0.123. The van der Waals surface area contributed by atoms with E-state index in [4.69, 9.17) is 32.4 Å². The first-order valence-electron chi connectivity index (χ1n) is 8.18. The Kier molecular flexibility index (Phi) is 6.78. The van der Waals surface area contributed by atoms with Gasteiger partial charge in [0.2, 0.25) is 0 Å². The van der Waals surface area contributed by atoms with E-state index in [1.54, 1.807) is 24.3 Å². The summed E-state index contributed by atoms with van der Waals surface area (Å²) in [7, 11) is 0. The Morgan fingerprint density at radius 1 is 1.21 bits per heavy atom. The van der Waals surface area contributed by atoms with Crippen LogP contribution in [0.2, 0.25) is 10.0 Å². The summed E-state index contributed by atoms with van der Waals surface area (Å²) < 4.78 is 11.8. The second kappa shape index (κ2) is 9.28. The Morgan fingerprint density at radius 2 is 2.04 bits per heavy atom. The standard InChI is InChI=1S/C20H15BrCl2N2O3/c1-12-2-3-13(8-17(12)23)18-7-5-15(28-18)10-24-25-20(26)11-27-19-6-4-14(22)9-16(19)21/h2-10H,11H2,1H3,(H,25,26)/b24-10+. The minimum Gasteiger partial charge on any atom is -0.483 e. The lowest BCUT2D eigenvalue weighted by Gasteiger charge is -2.07. The molecule has 1 amide bonds. The number of carbonyl (C=O) groups is 1. The molecule has 144 valence electrons. The van der Waals surface area contributed by atoms with Crippen molar-refractivity contribution in [1.29, 1.82) is 0 Å². The van der Waals surface area contributed by atoms with Crippen LogP contribution in [0.3, 0.4) is 0 Å². The molecule has 0 aliphatic rings. The van der Waals surface area contributed by atoms with Gasteiger partial charge in [0.05, 0.1) is 10.7 Å². The zero-order chi connectivity index (χ0) is 20.1. The molecule has 0 spiro atoms. The molecule has 1 aromatic heterocycles. The van der Waals surface area contributed by atoms with Crippen molar-refractivity contribution in [2.45, 2.75) is 6.92 Å². The highest BCUT2D eigenvalue weighted by Crippen LogP contribution is 2.28. The molecule has 3 rings (SSSR count). The third kappa shape index (κ3) is 5.38. The minimum absolute atomic E-state index is 0.192. The number of amides is 1. The van der Waals surface area contributed by atoms with E-state index in [-0.39, 0.29) is 6.61 Å². The number of benzene rings is 2. The van der Waals surface area contributed by atoms with Gasteiger partial charge < -0.3 is 9.15 Å². The fourth-order valence-corrected chi connectivity index (χ4v) is 3.24. The van der Waals surface area contributed by atoms with Crippen molar-refractivity contribution < 1.29 is 13.9 Å². The molecule has 0 saturated carbocycles. The van der Waals surface area contributed by atoms with Gasteiger partial charge in [-0.1, -0.05) is 35.3 Å². The van der Waals surface area contributed by atoms with Crippen molar-refractivity contribution in [3.63, 3.8) is 0 Å². The van der Waals surface area contributed by atoms with Crippen molar-refractivity contribution in [2.24, 2.45) is 5.10 Å². The maximum atomic E-state index is 11.8. The molecule has 0 aliphatic heterocycles. The summed E-state index contributed by atoms with van der Waals surface area (Å²) in [6.45, 7) is 1.74. The van der Waals surface area contributed by atoms with Crippen LogP contribution in [-0.2, 0) is 4.79 Å². The summed E-state index contributed by atoms with van der Waals surface area (Å²) in [5.74, 6) is 1.25. The number of hydrazone groups is 1. The second-order valence-corrected chi connectivity index (χ2v) is 7.52. The first-order valence-corrected chi connectivity index (χ1v) is 9.73. The van der Waals surface area contributed by atoms with Gasteiger partial charge in [-0.25, -0.2) is 5.43 Å². The highest BCUT2D eigenvalue weighted by atomic mass is 79.9. The van der Waals surface area contributed by atoms with E-state index in [1.807, 2.05) is 31.2 Å². The molecule has 5 nitrogen and oxygen atoms in total. The van der Waals surface area contributed by atoms with Crippen LogP contribution in [0.4, 0.5) is 0 Å². The van der Waals surface area contributed by atoms with E-state index in [0.717, 1.165) is 11.1 Å². The molecule has 0 aliphatic carbocycles. The van der Waals surface area contributed by atoms with Crippen LogP contribution in [0, 0.1) is 6.92 Å². The molecule has 0 radical (unpaired) electrons. The normalized spacial score (nSPS) is 11.0. The molecule has 1 N–H and O–H groups in total. The fraction of sp³-hybridized carbons (Fsp3) is 0.100. The van der Waals surface area contributed by atoms with Crippen molar-refractivity contribution >= 4 is 51.3 Å². The number of furan rings is 1. The number of nitrogens with one attached hydrogen (secondary N) is 1. The van der Waals surface area contributed by atoms with Gasteiger partial charge in [-0.15, -0.1) is 0 Å². The third-order valence-corrected chi connectivity index (χ3v) is 4.98. The average Bonchev–Trinajstić information content (AvgIpc) is 3.12. The number of halogens is 3. The summed E-state index contributed by atoms with van der Waals surface area (Å²) in [6.07, 6.45) is 1.41. The van der Waals surface area contributed by atoms with Crippen LogP contribution in [-0.4, -0.2) is 18.7 Å². The molecular weight excluding hydrogens is 467 g/mol. The number of hydrogen-bond acceptors (Lipinski definition) is 4. The third-order valence-electron chi connectivity index (χ3n) is 3.72. The van der Waals surface area contributed by atoms with Gasteiger partial charge in [0.1, 0.15) is 17.3 Å². The number of ether oxygens (including phenoxy) is 1. The first-order chi connectivity index (χ1) is 13.4. The number of nitrogens with zero attached hydrogens (tertiary/aromatic N) is 1. The van der Waals surface area contributed by atoms with E-state index >= 15 is 0 Å². The quantitative estimate of drug-likeness (QED) is 0.354. The Labute approximate surface area is 180 Å². The SMILES string of the molecule is Cc1ccc(-c2ccc(/C=N/NC(=O)COc3ccc(Cl)cc3Br)o2)cc1Cl. The molecule has 28 heavy (non-hydrogen) atoms. The van der Waals surface area contributed by atoms with Crippen LogP contribution in [0.15, 0.2) is 62.5 Å². The number of carbonyl (C=O) groups excluding carboxylic acids is 1. The molecule has 0 bridgehead atoms. The van der Waals surface area contributed by atoms with Crippen LogP contribution in [0.25, 0.3) is 11.3 Å². The second-order valence-electron chi connectivity index (χ2n) is 5.82. The molecule has 0 unspecified atom stereocenters. The summed E-state index contributed by atoms with van der Waals surface area (Å²) in [4.78, 5) is 11.8. The summed E-state index contributed by atoms with van der Waals surface area (Å²) in [5, 5.41) is 5.11. The van der Waals surface area contributed by atoms with Gasteiger partial charge in [-0.05, 0) is 64.8 Å². The molecule has 3 aromatic rings. The van der Waals surface area contributed by atoms with E-state index in [0.29, 0.717) is 31.8 Å². The maximum Gasteiger partial charge on any atom is 0.277 e. The Balaban J connectivity index is 1.53. The summed E-state index contributed by atoms with van der Waals surface area (Å²) >= 11 is 15.3. The van der Waals surface area contributed by atoms with E-state index in [9.17, 15) is 4.79 Å². The van der Waals surface area contributed by atoms with Gasteiger partial charge in [0.25, 0.3) is 5.91 Å². The first kappa shape index (κ1) is 20.5. The summed E-state index contributed by atoms with van der Waals surface area (Å²) in [6, 6.07) is 14.3. The van der Waals surface area contributed by atoms with Gasteiger partial charge in [-0.2, -0.15) is 5.10 Å². The van der Waals surface area contributed by atoms with Crippen LogP contribution in [0.1, 0.15) is 11.3 Å². The highest BCUT2D eigenvalue weighted by molar-refractivity contribution is 9.10. The summed E-state index contributed by atoms with van der Waals surface area (Å²) in [5.41, 5.74) is 4.24. The topological polar surface area (TPSA) is 63.8 Å². The lowest BCUT2D eigenvalue weighted by atomic mass is 10.1. The predicted molar refractivity (Wildman–Crippen MR) is 114 cm³/mol. The minimum atomic E-state index is -0.407. The Hall–Kier alpha value is -2.28. The number of hydrogen-bond donors (Lipinski definition) is 1. The smallest absolute Gasteiger partial charge is 0.277 e. The fourth-order valence-electron chi connectivity index (χ4n) is 2.26. The van der Waals surface area contributed by atoms with Crippen molar-refractivity contribution in [3.8, 4) is 17.1 Å². The highest BCUT2D eigenvalue weighted by Gasteiger charge is 2.07. The molecule has 8 heteroatoms.